The Morgan fingerprint density at radius 1 is 1.19 bits per heavy atom. The van der Waals surface area contributed by atoms with Crippen LogP contribution in [-0.4, -0.2) is 33.6 Å². The number of nitrogens with one attached hydrogen (secondary N) is 2. The van der Waals surface area contributed by atoms with Crippen LogP contribution < -0.4 is 10.1 Å². The van der Waals surface area contributed by atoms with Crippen molar-refractivity contribution in [1.82, 2.24) is 20.6 Å². The van der Waals surface area contributed by atoms with Gasteiger partial charge in [-0.3, -0.25) is 4.79 Å². The quantitative estimate of drug-likeness (QED) is 0.683. The van der Waals surface area contributed by atoms with Gasteiger partial charge >= 0.3 is 0 Å². The van der Waals surface area contributed by atoms with Crippen molar-refractivity contribution in [1.29, 1.82) is 0 Å². The molecule has 0 spiro atoms. The third kappa shape index (κ3) is 4.05. The lowest BCUT2D eigenvalue weighted by molar-refractivity contribution is -0.117. The van der Waals surface area contributed by atoms with Gasteiger partial charge in [0.05, 0.1) is 7.11 Å². The first-order valence-electron chi connectivity index (χ1n) is 8.46. The highest BCUT2D eigenvalue weighted by Crippen LogP contribution is 2.23. The number of anilines is 1. The topological polar surface area (TPSA) is 92.8 Å². The number of para-hydroxylation sites is 1. The van der Waals surface area contributed by atoms with E-state index in [1.165, 1.54) is 0 Å². The summed E-state index contributed by atoms with van der Waals surface area (Å²) in [5, 5.41) is 17.1. The molecular formula is C19H21N5O2. The lowest BCUT2D eigenvalue weighted by Crippen LogP contribution is -2.24. The van der Waals surface area contributed by atoms with Crippen LogP contribution in [0.1, 0.15) is 29.8 Å². The summed E-state index contributed by atoms with van der Waals surface area (Å²) in [6.45, 7) is 2.05. The van der Waals surface area contributed by atoms with E-state index in [1.807, 2.05) is 48.5 Å². The lowest BCUT2D eigenvalue weighted by atomic mass is 9.97. The van der Waals surface area contributed by atoms with E-state index >= 15 is 0 Å². The van der Waals surface area contributed by atoms with Crippen molar-refractivity contribution in [2.45, 2.75) is 25.7 Å². The van der Waals surface area contributed by atoms with Crippen LogP contribution in [0.25, 0.3) is 0 Å². The fourth-order valence-corrected chi connectivity index (χ4v) is 2.79. The van der Waals surface area contributed by atoms with E-state index in [-0.39, 0.29) is 5.91 Å². The van der Waals surface area contributed by atoms with Crippen molar-refractivity contribution in [3.05, 3.63) is 65.5 Å². The largest absolute Gasteiger partial charge is 0.497 e. The summed E-state index contributed by atoms with van der Waals surface area (Å²) in [6, 6.07) is 15.4. The molecule has 7 nitrogen and oxygen atoms in total. The van der Waals surface area contributed by atoms with Crippen molar-refractivity contribution in [2.24, 2.45) is 0 Å². The van der Waals surface area contributed by atoms with Crippen LogP contribution >= 0.6 is 0 Å². The second kappa shape index (κ2) is 8.24. The van der Waals surface area contributed by atoms with Gasteiger partial charge in [0, 0.05) is 5.69 Å². The van der Waals surface area contributed by atoms with Crippen LogP contribution in [0.5, 0.6) is 5.75 Å². The first-order chi connectivity index (χ1) is 12.7. The molecule has 0 aliphatic rings. The zero-order valence-electron chi connectivity index (χ0n) is 14.8. The summed E-state index contributed by atoms with van der Waals surface area (Å²) < 4.78 is 5.18. The first kappa shape index (κ1) is 17.6. The number of hydrogen-bond donors (Lipinski definition) is 2. The van der Waals surface area contributed by atoms with Crippen LogP contribution in [0.15, 0.2) is 48.5 Å². The summed E-state index contributed by atoms with van der Waals surface area (Å²) in [5.41, 5.74) is 2.87. The molecule has 0 aliphatic heterocycles. The smallest absolute Gasteiger partial charge is 0.235 e. The third-order valence-electron chi connectivity index (χ3n) is 4.24. The number of ether oxygens (including phenoxy) is 1. The molecule has 2 aromatic carbocycles. The summed E-state index contributed by atoms with van der Waals surface area (Å²) in [5.74, 6) is 0.425. The number of amides is 1. The monoisotopic (exact) mass is 351 g/mol. The minimum Gasteiger partial charge on any atom is -0.497 e. The predicted molar refractivity (Wildman–Crippen MR) is 98.1 cm³/mol. The van der Waals surface area contributed by atoms with Crippen LogP contribution in [0.2, 0.25) is 0 Å². The number of aromatic nitrogens is 4. The van der Waals surface area contributed by atoms with Gasteiger partial charge in [0.15, 0.2) is 5.82 Å². The van der Waals surface area contributed by atoms with E-state index < -0.39 is 5.92 Å². The average molecular weight is 351 g/mol. The van der Waals surface area contributed by atoms with Crippen molar-refractivity contribution in [3.8, 4) is 5.75 Å². The highest BCUT2D eigenvalue weighted by atomic mass is 16.5. The number of aryl methyl sites for hydroxylation is 1. The Labute approximate surface area is 151 Å². The Morgan fingerprint density at radius 3 is 2.62 bits per heavy atom. The van der Waals surface area contributed by atoms with Crippen molar-refractivity contribution in [3.63, 3.8) is 0 Å². The SMILES string of the molecule is CCc1ccccc1NC(=O)[C@H](Cc1ccc(OC)cc1)c1nn[nH]n1. The number of carbonyl (C=O) groups is 1. The molecule has 3 rings (SSSR count). The molecule has 1 heterocycles. The maximum Gasteiger partial charge on any atom is 0.235 e. The average Bonchev–Trinajstić information content (AvgIpc) is 3.21. The van der Waals surface area contributed by atoms with Crippen molar-refractivity contribution >= 4 is 11.6 Å². The first-order valence-corrected chi connectivity index (χ1v) is 8.46. The molecule has 0 saturated heterocycles. The fraction of sp³-hybridized carbons (Fsp3) is 0.263. The van der Waals surface area contributed by atoms with E-state index in [0.29, 0.717) is 12.2 Å². The number of methoxy groups -OCH3 is 1. The second-order valence-electron chi connectivity index (χ2n) is 5.87. The lowest BCUT2D eigenvalue weighted by Gasteiger charge is -2.16. The van der Waals surface area contributed by atoms with Gasteiger partial charge in [0.1, 0.15) is 11.7 Å². The highest BCUT2D eigenvalue weighted by Gasteiger charge is 2.26. The third-order valence-corrected chi connectivity index (χ3v) is 4.24. The van der Waals surface area contributed by atoms with Gasteiger partial charge in [-0.05, 0) is 42.2 Å². The van der Waals surface area contributed by atoms with Crippen molar-refractivity contribution < 1.29 is 9.53 Å². The number of benzene rings is 2. The van der Waals surface area contributed by atoms with E-state index in [9.17, 15) is 4.79 Å². The number of nitrogens with zero attached hydrogens (tertiary/aromatic N) is 3. The van der Waals surface area contributed by atoms with Gasteiger partial charge in [-0.2, -0.15) is 5.21 Å². The van der Waals surface area contributed by atoms with Crippen LogP contribution in [-0.2, 0) is 17.6 Å². The Morgan fingerprint density at radius 2 is 1.96 bits per heavy atom. The Bertz CT molecular complexity index is 847. The van der Waals surface area contributed by atoms with Crippen LogP contribution in [0, 0.1) is 0 Å². The molecule has 0 unspecified atom stereocenters. The maximum absolute atomic E-state index is 12.9. The Balaban J connectivity index is 1.82. The molecule has 1 aromatic heterocycles. The molecule has 0 radical (unpaired) electrons. The highest BCUT2D eigenvalue weighted by molar-refractivity contribution is 5.96. The molecule has 0 saturated carbocycles. The molecule has 0 bridgehead atoms. The van der Waals surface area contributed by atoms with Gasteiger partial charge < -0.3 is 10.1 Å². The standard InChI is InChI=1S/C19H21N5O2/c1-3-14-6-4-5-7-17(14)20-19(25)16(18-21-23-24-22-18)12-13-8-10-15(26-2)11-9-13/h4-11,16H,3,12H2,1-2H3,(H,20,25)(H,21,22,23,24)/t16-/m1/s1. The van der Waals surface area contributed by atoms with Crippen molar-refractivity contribution in [2.75, 3.05) is 12.4 Å². The van der Waals surface area contributed by atoms with Gasteiger partial charge in [0.2, 0.25) is 5.91 Å². The molecule has 7 heteroatoms. The summed E-state index contributed by atoms with van der Waals surface area (Å²) in [6.07, 6.45) is 1.30. The molecule has 26 heavy (non-hydrogen) atoms. The van der Waals surface area contributed by atoms with Gasteiger partial charge in [0.25, 0.3) is 0 Å². The summed E-state index contributed by atoms with van der Waals surface area (Å²) in [7, 11) is 1.62. The minimum absolute atomic E-state index is 0.164. The molecule has 1 amide bonds. The molecule has 134 valence electrons. The molecule has 3 aromatic rings. The van der Waals surface area contributed by atoms with Gasteiger partial charge in [-0.25, -0.2) is 0 Å². The van der Waals surface area contributed by atoms with Crippen LogP contribution in [0.3, 0.4) is 0 Å². The number of H-pyrrole nitrogens is 1. The maximum atomic E-state index is 12.9. The summed E-state index contributed by atoms with van der Waals surface area (Å²) in [4.78, 5) is 12.9. The van der Waals surface area contributed by atoms with E-state index in [1.54, 1.807) is 7.11 Å². The normalized spacial score (nSPS) is 11.8. The predicted octanol–water partition coefficient (Wildman–Crippen LogP) is 2.74. The molecular weight excluding hydrogens is 330 g/mol. The van der Waals surface area contributed by atoms with Gasteiger partial charge in [-0.15, -0.1) is 10.2 Å². The zero-order chi connectivity index (χ0) is 18.4. The number of hydrogen-bond acceptors (Lipinski definition) is 5. The number of rotatable bonds is 7. The molecule has 0 aliphatic carbocycles. The molecule has 1 atom stereocenters. The zero-order valence-corrected chi connectivity index (χ0v) is 14.8. The number of aromatic amines is 1. The number of carbonyl (C=O) groups excluding carboxylic acids is 1. The van der Waals surface area contributed by atoms with E-state index in [4.69, 9.17) is 4.74 Å². The number of tetrazole rings is 1. The minimum atomic E-state index is -0.549. The van der Waals surface area contributed by atoms with E-state index in [2.05, 4.69) is 32.9 Å². The molecule has 0 fully saturated rings. The Hall–Kier alpha value is -3.22. The Kier molecular flexibility index (Phi) is 5.58. The van der Waals surface area contributed by atoms with Gasteiger partial charge in [-0.1, -0.05) is 42.5 Å². The van der Waals surface area contributed by atoms with E-state index in [0.717, 1.165) is 29.0 Å². The molecule has 2 N–H and O–H groups in total. The van der Waals surface area contributed by atoms with Crippen LogP contribution in [0.4, 0.5) is 5.69 Å². The summed E-state index contributed by atoms with van der Waals surface area (Å²) >= 11 is 0. The second-order valence-corrected chi connectivity index (χ2v) is 5.87. The fourth-order valence-electron chi connectivity index (χ4n) is 2.79.